The molecular formula is C13H17NO. The zero-order valence-electron chi connectivity index (χ0n) is 9.41. The molecule has 0 bridgehead atoms. The Hall–Kier alpha value is -1.70. The lowest BCUT2D eigenvalue weighted by atomic mass is 10.1. The van der Waals surface area contributed by atoms with Gasteiger partial charge in [0.1, 0.15) is 5.75 Å². The van der Waals surface area contributed by atoms with Crippen molar-refractivity contribution in [2.75, 3.05) is 0 Å². The lowest BCUT2D eigenvalue weighted by Gasteiger charge is -2.04. The summed E-state index contributed by atoms with van der Waals surface area (Å²) < 4.78 is 0. The molecule has 0 heterocycles. The number of hydrogen-bond donors (Lipinski definition) is 2. The molecule has 2 heteroatoms. The number of phenolic OH excluding ortho intramolecular Hbond substituents is 1. The number of phenols is 1. The zero-order valence-corrected chi connectivity index (χ0v) is 9.41. The highest BCUT2D eigenvalue weighted by Gasteiger charge is 1.97. The van der Waals surface area contributed by atoms with Crippen LogP contribution < -0.4 is 5.73 Å². The third-order valence-corrected chi connectivity index (χ3v) is 2.24. The Morgan fingerprint density at radius 1 is 1.13 bits per heavy atom. The van der Waals surface area contributed by atoms with Crippen molar-refractivity contribution >= 4 is 6.08 Å². The van der Waals surface area contributed by atoms with E-state index in [1.807, 2.05) is 39.0 Å². The first-order valence-electron chi connectivity index (χ1n) is 4.91. The molecule has 0 fully saturated rings. The van der Waals surface area contributed by atoms with Crippen LogP contribution in [0.4, 0.5) is 0 Å². The van der Waals surface area contributed by atoms with Gasteiger partial charge in [-0.05, 0) is 50.1 Å². The summed E-state index contributed by atoms with van der Waals surface area (Å²) in [6.45, 7) is 5.96. The van der Waals surface area contributed by atoms with Gasteiger partial charge in [0, 0.05) is 5.70 Å². The molecule has 0 radical (unpaired) electrons. The summed E-state index contributed by atoms with van der Waals surface area (Å²) in [5.74, 6) is 0.278. The first-order valence-corrected chi connectivity index (χ1v) is 4.91. The summed E-state index contributed by atoms with van der Waals surface area (Å²) >= 11 is 0. The number of nitrogens with two attached hydrogens (primary N) is 1. The van der Waals surface area contributed by atoms with E-state index in [1.54, 1.807) is 12.1 Å². The molecule has 0 saturated heterocycles. The maximum Gasteiger partial charge on any atom is 0.115 e. The Morgan fingerprint density at radius 3 is 2.13 bits per heavy atom. The second-order valence-corrected chi connectivity index (χ2v) is 3.83. The smallest absolute Gasteiger partial charge is 0.115 e. The lowest BCUT2D eigenvalue weighted by molar-refractivity contribution is 0.475. The van der Waals surface area contributed by atoms with Gasteiger partial charge < -0.3 is 10.8 Å². The standard InChI is InChI=1S/C13H17NO/c1-9(2)13(14)10(3)8-11-4-6-12(15)7-5-11/h4-8,15H,14H2,1-3H3/b10-8+. The lowest BCUT2D eigenvalue weighted by Crippen LogP contribution is -2.00. The summed E-state index contributed by atoms with van der Waals surface area (Å²) in [5, 5.41) is 9.13. The van der Waals surface area contributed by atoms with Crippen molar-refractivity contribution in [2.24, 2.45) is 5.73 Å². The second kappa shape index (κ2) is 4.69. The molecule has 0 saturated carbocycles. The molecular weight excluding hydrogens is 186 g/mol. The molecule has 0 aliphatic carbocycles. The Labute approximate surface area is 90.7 Å². The normalized spacial score (nSPS) is 11.3. The van der Waals surface area contributed by atoms with Crippen LogP contribution in [-0.4, -0.2) is 5.11 Å². The van der Waals surface area contributed by atoms with Gasteiger partial charge in [-0.25, -0.2) is 0 Å². The minimum Gasteiger partial charge on any atom is -0.508 e. The van der Waals surface area contributed by atoms with Crippen molar-refractivity contribution in [1.29, 1.82) is 0 Å². The van der Waals surface area contributed by atoms with Crippen molar-refractivity contribution in [2.45, 2.75) is 20.8 Å². The van der Waals surface area contributed by atoms with Gasteiger partial charge in [0.2, 0.25) is 0 Å². The maximum absolute atomic E-state index is 9.13. The van der Waals surface area contributed by atoms with Crippen molar-refractivity contribution in [3.8, 4) is 5.75 Å². The van der Waals surface area contributed by atoms with E-state index in [0.717, 1.165) is 22.4 Å². The molecule has 1 aromatic rings. The van der Waals surface area contributed by atoms with Gasteiger partial charge >= 0.3 is 0 Å². The van der Waals surface area contributed by atoms with E-state index in [1.165, 1.54) is 0 Å². The van der Waals surface area contributed by atoms with Crippen molar-refractivity contribution < 1.29 is 5.11 Å². The van der Waals surface area contributed by atoms with Crippen molar-refractivity contribution in [1.82, 2.24) is 0 Å². The largest absolute Gasteiger partial charge is 0.508 e. The highest BCUT2D eigenvalue weighted by atomic mass is 16.3. The molecule has 0 aliphatic heterocycles. The second-order valence-electron chi connectivity index (χ2n) is 3.83. The number of aromatic hydroxyl groups is 1. The van der Waals surface area contributed by atoms with Gasteiger partial charge in [-0.15, -0.1) is 0 Å². The monoisotopic (exact) mass is 203 g/mol. The van der Waals surface area contributed by atoms with Crippen LogP contribution in [0.15, 0.2) is 41.1 Å². The Balaban J connectivity index is 2.98. The highest BCUT2D eigenvalue weighted by molar-refractivity contribution is 5.58. The average molecular weight is 203 g/mol. The van der Waals surface area contributed by atoms with Crippen LogP contribution in [0.25, 0.3) is 6.08 Å². The third-order valence-electron chi connectivity index (χ3n) is 2.24. The number of benzene rings is 1. The van der Waals surface area contributed by atoms with E-state index in [4.69, 9.17) is 10.8 Å². The summed E-state index contributed by atoms with van der Waals surface area (Å²) in [4.78, 5) is 0. The summed E-state index contributed by atoms with van der Waals surface area (Å²) in [6.07, 6.45) is 2.00. The number of allylic oxidation sites excluding steroid dienone is 2. The van der Waals surface area contributed by atoms with E-state index in [9.17, 15) is 0 Å². The van der Waals surface area contributed by atoms with Crippen molar-refractivity contribution in [3.05, 3.63) is 46.7 Å². The predicted molar refractivity (Wildman–Crippen MR) is 64.3 cm³/mol. The van der Waals surface area contributed by atoms with Crippen molar-refractivity contribution in [3.63, 3.8) is 0 Å². The van der Waals surface area contributed by atoms with Crippen LogP contribution >= 0.6 is 0 Å². The molecule has 0 aromatic heterocycles. The van der Waals surface area contributed by atoms with Crippen LogP contribution in [0, 0.1) is 0 Å². The van der Waals surface area contributed by atoms with Gasteiger partial charge in [-0.3, -0.25) is 0 Å². The average Bonchev–Trinajstić information content (AvgIpc) is 2.20. The van der Waals surface area contributed by atoms with Crippen LogP contribution in [0.3, 0.4) is 0 Å². The molecule has 0 aliphatic rings. The van der Waals surface area contributed by atoms with Gasteiger partial charge in [0.25, 0.3) is 0 Å². The van der Waals surface area contributed by atoms with Crippen LogP contribution in [0.2, 0.25) is 0 Å². The summed E-state index contributed by atoms with van der Waals surface area (Å²) in [5.41, 5.74) is 9.91. The molecule has 15 heavy (non-hydrogen) atoms. The van der Waals surface area contributed by atoms with Gasteiger partial charge in [-0.1, -0.05) is 17.7 Å². The molecule has 0 amide bonds. The Bertz CT molecular complexity index is 395. The van der Waals surface area contributed by atoms with E-state index in [-0.39, 0.29) is 5.75 Å². The van der Waals surface area contributed by atoms with E-state index in [2.05, 4.69) is 0 Å². The maximum atomic E-state index is 9.13. The first-order chi connectivity index (χ1) is 7.00. The first kappa shape index (κ1) is 11.4. The number of hydrogen-bond acceptors (Lipinski definition) is 2. The Morgan fingerprint density at radius 2 is 1.67 bits per heavy atom. The van der Waals surface area contributed by atoms with Crippen LogP contribution in [0.5, 0.6) is 5.75 Å². The fourth-order valence-corrected chi connectivity index (χ4v) is 1.29. The molecule has 0 spiro atoms. The molecule has 1 rings (SSSR count). The Kier molecular flexibility index (Phi) is 3.56. The molecule has 0 unspecified atom stereocenters. The molecule has 2 nitrogen and oxygen atoms in total. The number of rotatable bonds is 2. The van der Waals surface area contributed by atoms with Gasteiger partial charge in [0.05, 0.1) is 0 Å². The molecule has 0 atom stereocenters. The van der Waals surface area contributed by atoms with Gasteiger partial charge in [-0.2, -0.15) is 0 Å². The minimum atomic E-state index is 0.278. The SMILES string of the molecule is CC(C)=C(N)/C(C)=C/c1ccc(O)cc1. The summed E-state index contributed by atoms with van der Waals surface area (Å²) in [6, 6.07) is 7.05. The molecule has 80 valence electrons. The van der Waals surface area contributed by atoms with E-state index in [0.29, 0.717) is 0 Å². The summed E-state index contributed by atoms with van der Waals surface area (Å²) in [7, 11) is 0. The highest BCUT2D eigenvalue weighted by Crippen LogP contribution is 2.15. The van der Waals surface area contributed by atoms with Gasteiger partial charge in [0.15, 0.2) is 0 Å². The van der Waals surface area contributed by atoms with Crippen LogP contribution in [0.1, 0.15) is 26.3 Å². The predicted octanol–water partition coefficient (Wildman–Crippen LogP) is 3.05. The minimum absolute atomic E-state index is 0.278. The topological polar surface area (TPSA) is 46.2 Å². The fraction of sp³-hybridized carbons (Fsp3) is 0.231. The van der Waals surface area contributed by atoms with Crippen LogP contribution in [-0.2, 0) is 0 Å². The zero-order chi connectivity index (χ0) is 11.4. The van der Waals surface area contributed by atoms with E-state index < -0.39 is 0 Å². The molecule has 1 aromatic carbocycles. The quantitative estimate of drug-likeness (QED) is 0.726. The van der Waals surface area contributed by atoms with E-state index >= 15 is 0 Å². The fourth-order valence-electron chi connectivity index (χ4n) is 1.29. The third kappa shape index (κ3) is 3.17. The molecule has 3 N–H and O–H groups in total.